The van der Waals surface area contributed by atoms with Crippen molar-refractivity contribution >= 4 is 17.3 Å². The molecule has 0 aliphatic heterocycles. The van der Waals surface area contributed by atoms with Crippen LogP contribution in [0.15, 0.2) is 28.6 Å². The van der Waals surface area contributed by atoms with Gasteiger partial charge in [0.05, 0.1) is 7.11 Å². The predicted molar refractivity (Wildman–Crippen MR) is 45.9 cm³/mol. The number of benzene rings is 1. The maximum Gasteiger partial charge on any atom is 1.00 e. The molecule has 6 heteroatoms. The fraction of sp³-hybridized carbons (Fsp3) is 0.143. The van der Waals surface area contributed by atoms with Gasteiger partial charge in [-0.15, -0.1) is 0 Å². The van der Waals surface area contributed by atoms with Crippen molar-refractivity contribution in [2.24, 2.45) is 10.4 Å². The Bertz CT molecular complexity index is 307. The average molecular weight is 209 g/mol. The van der Waals surface area contributed by atoms with E-state index in [-0.39, 0.29) is 29.6 Å². The Kier molecular flexibility index (Phi) is 6.07. The molecule has 0 aromatic heterocycles. The molecule has 0 spiro atoms. The van der Waals surface area contributed by atoms with Crippen LogP contribution in [0.3, 0.4) is 0 Å². The van der Waals surface area contributed by atoms with Crippen LogP contribution in [0.1, 0.15) is 0 Å². The van der Waals surface area contributed by atoms with E-state index < -0.39 is 0 Å². The molecule has 1 rings (SSSR count). The van der Waals surface area contributed by atoms with Gasteiger partial charge in [-0.3, -0.25) is 0 Å². The smallest absolute Gasteiger partial charge is 0.775 e. The Morgan fingerprint density at radius 2 is 2.15 bits per heavy atom. The number of hydrogen-bond donors (Lipinski definition) is 0. The molecule has 0 atom stereocenters. The monoisotopic (exact) mass is 208 g/mol. The molecule has 1 aromatic rings. The van der Waals surface area contributed by atoms with Crippen LogP contribution in [-0.4, -0.2) is 7.11 Å². The van der Waals surface area contributed by atoms with E-state index in [4.69, 9.17) is 16.3 Å². The van der Waals surface area contributed by atoms with Crippen LogP contribution in [-0.2, 0) is 0 Å². The molecule has 0 N–H and O–H groups in total. The molecule has 0 aliphatic carbocycles. The van der Waals surface area contributed by atoms with Crippen molar-refractivity contribution in [1.29, 1.82) is 0 Å². The van der Waals surface area contributed by atoms with Gasteiger partial charge in [-0.1, -0.05) is 11.6 Å². The van der Waals surface area contributed by atoms with Gasteiger partial charge in [0.2, 0.25) is 0 Å². The first-order valence-electron chi connectivity index (χ1n) is 3.15. The number of halogens is 1. The molecule has 0 aliphatic rings. The van der Waals surface area contributed by atoms with E-state index in [1.807, 2.05) is 0 Å². The van der Waals surface area contributed by atoms with E-state index in [0.717, 1.165) is 0 Å². The third-order valence-corrected chi connectivity index (χ3v) is 1.52. The molecule has 0 radical (unpaired) electrons. The summed E-state index contributed by atoms with van der Waals surface area (Å²) in [6.07, 6.45) is 0. The predicted octanol–water partition coefficient (Wildman–Crippen LogP) is -0.0659. The largest absolute Gasteiger partial charge is 1.00 e. The van der Waals surface area contributed by atoms with Gasteiger partial charge in [0, 0.05) is 5.02 Å². The zero-order valence-corrected chi connectivity index (χ0v) is 10.1. The molecule has 64 valence electrons. The minimum absolute atomic E-state index is 0. The number of rotatable bonds is 2. The van der Waals surface area contributed by atoms with E-state index in [1.54, 1.807) is 12.1 Å². The fourth-order valence-electron chi connectivity index (χ4n) is 0.785. The van der Waals surface area contributed by atoms with Crippen molar-refractivity contribution in [3.8, 4) is 5.75 Å². The Labute approximate surface area is 103 Å². The van der Waals surface area contributed by atoms with E-state index in [9.17, 15) is 5.21 Å². The van der Waals surface area contributed by atoms with Crippen LogP contribution in [0.5, 0.6) is 5.75 Å². The van der Waals surface area contributed by atoms with Crippen molar-refractivity contribution in [1.82, 2.24) is 0 Å². The first-order chi connectivity index (χ1) is 5.77. The van der Waals surface area contributed by atoms with Gasteiger partial charge in [0.1, 0.15) is 11.4 Å². The van der Waals surface area contributed by atoms with Gasteiger partial charge in [-0.05, 0) is 18.2 Å². The van der Waals surface area contributed by atoms with Crippen molar-refractivity contribution in [2.75, 3.05) is 7.11 Å². The van der Waals surface area contributed by atoms with E-state index in [1.165, 1.54) is 13.2 Å². The number of nitrogens with zero attached hydrogens (tertiary/aromatic N) is 2. The van der Waals surface area contributed by atoms with Gasteiger partial charge in [-0.25, -0.2) is 5.28 Å². The summed E-state index contributed by atoms with van der Waals surface area (Å²) in [6.45, 7) is 0. The van der Waals surface area contributed by atoms with Crippen molar-refractivity contribution < 1.29 is 34.3 Å². The first kappa shape index (κ1) is 12.7. The minimum atomic E-state index is 0. The normalized spacial score (nSPS) is 9.69. The molecule has 0 saturated heterocycles. The van der Waals surface area contributed by atoms with Gasteiger partial charge in [0.15, 0.2) is 0 Å². The Morgan fingerprint density at radius 3 is 2.69 bits per heavy atom. The number of methoxy groups -OCH3 is 1. The van der Waals surface area contributed by atoms with E-state index >= 15 is 0 Å². The number of ether oxygens (including phenoxy) is 1. The standard InChI is InChI=1S/C7H7ClN2O2.Na/c1-12-7-3-2-5(8)4-6(7)9-10-11;/h2-4H,1H3,(H,9,11);/q;+1/p-1. The van der Waals surface area contributed by atoms with Crippen LogP contribution in [0.4, 0.5) is 5.69 Å². The van der Waals surface area contributed by atoms with Crippen LogP contribution < -0.4 is 34.3 Å². The van der Waals surface area contributed by atoms with Crippen molar-refractivity contribution in [3.63, 3.8) is 0 Å². The third kappa shape index (κ3) is 3.52. The van der Waals surface area contributed by atoms with Crippen LogP contribution >= 0.6 is 11.6 Å². The molecule has 1 aromatic carbocycles. The van der Waals surface area contributed by atoms with Crippen molar-refractivity contribution in [3.05, 3.63) is 28.4 Å². The molecular formula is C7H6ClN2NaO2. The summed E-state index contributed by atoms with van der Waals surface area (Å²) >= 11 is 5.65. The van der Waals surface area contributed by atoms with Gasteiger partial charge < -0.3 is 9.94 Å². The summed E-state index contributed by atoms with van der Waals surface area (Å²) in [4.78, 5) is 0. The zero-order valence-electron chi connectivity index (χ0n) is 7.32. The molecule has 4 nitrogen and oxygen atoms in total. The molecule has 0 bridgehead atoms. The summed E-state index contributed by atoms with van der Waals surface area (Å²) in [6, 6.07) is 4.76. The average Bonchev–Trinajstić information content (AvgIpc) is 2.05. The Morgan fingerprint density at radius 1 is 1.46 bits per heavy atom. The first-order valence-corrected chi connectivity index (χ1v) is 3.52. The quantitative estimate of drug-likeness (QED) is 0.388. The SMILES string of the molecule is COc1ccc(Cl)cc1N=N[O-].[Na+]. The fourth-order valence-corrected chi connectivity index (χ4v) is 0.952. The Balaban J connectivity index is 0.00000144. The van der Waals surface area contributed by atoms with Gasteiger partial charge in [0.25, 0.3) is 0 Å². The summed E-state index contributed by atoms with van der Waals surface area (Å²) in [7, 11) is 1.48. The van der Waals surface area contributed by atoms with Crippen LogP contribution in [0.25, 0.3) is 0 Å². The maximum absolute atomic E-state index is 9.84. The van der Waals surface area contributed by atoms with E-state index in [0.29, 0.717) is 16.5 Å². The van der Waals surface area contributed by atoms with E-state index in [2.05, 4.69) is 10.4 Å². The molecule has 0 amide bonds. The molecule has 0 fully saturated rings. The summed E-state index contributed by atoms with van der Waals surface area (Å²) in [5.74, 6) is 0.471. The van der Waals surface area contributed by atoms with Gasteiger partial charge in [-0.2, -0.15) is 5.11 Å². The minimum Gasteiger partial charge on any atom is -0.775 e. The molecule has 0 saturated carbocycles. The molecule has 13 heavy (non-hydrogen) atoms. The molecule has 0 heterocycles. The Hall–Kier alpha value is -0.290. The second-order valence-electron chi connectivity index (χ2n) is 2.00. The topological polar surface area (TPSA) is 57.0 Å². The summed E-state index contributed by atoms with van der Waals surface area (Å²) in [5.41, 5.74) is 0.333. The second-order valence-corrected chi connectivity index (χ2v) is 2.43. The van der Waals surface area contributed by atoms with Gasteiger partial charge >= 0.3 is 29.6 Å². The maximum atomic E-state index is 9.84. The molecular weight excluding hydrogens is 203 g/mol. The molecule has 0 unspecified atom stereocenters. The third-order valence-electron chi connectivity index (χ3n) is 1.29. The zero-order chi connectivity index (χ0) is 8.97. The second kappa shape index (κ2) is 6.21. The number of hydrogen-bond acceptors (Lipinski definition) is 4. The van der Waals surface area contributed by atoms with Crippen LogP contribution in [0, 0.1) is 5.21 Å². The summed E-state index contributed by atoms with van der Waals surface area (Å²) < 4.78 is 4.90. The van der Waals surface area contributed by atoms with Crippen LogP contribution in [0.2, 0.25) is 5.02 Å². The van der Waals surface area contributed by atoms with Crippen molar-refractivity contribution in [2.45, 2.75) is 0 Å². The summed E-state index contributed by atoms with van der Waals surface area (Å²) in [5, 5.41) is 16.0.